The van der Waals surface area contributed by atoms with Gasteiger partial charge in [0.1, 0.15) is 17.8 Å². The first-order chi connectivity index (χ1) is 14.2. The number of halogens is 1. The van der Waals surface area contributed by atoms with Crippen LogP contribution in [0.3, 0.4) is 0 Å². The van der Waals surface area contributed by atoms with Gasteiger partial charge in [0.15, 0.2) is 0 Å². The third kappa shape index (κ3) is 3.55. The summed E-state index contributed by atoms with van der Waals surface area (Å²) in [5.41, 5.74) is 5.22. The molecule has 1 fully saturated rings. The van der Waals surface area contributed by atoms with E-state index in [2.05, 4.69) is 37.2 Å². The smallest absolute Gasteiger partial charge is 0.218 e. The number of rotatable bonds is 6. The van der Waals surface area contributed by atoms with E-state index >= 15 is 0 Å². The zero-order valence-corrected chi connectivity index (χ0v) is 16.1. The molecule has 0 bridgehead atoms. The second kappa shape index (κ2) is 7.24. The van der Waals surface area contributed by atoms with Crippen LogP contribution in [0.4, 0.5) is 15.9 Å². The lowest BCUT2D eigenvalue weighted by Crippen LogP contribution is -2.01. The van der Waals surface area contributed by atoms with Crippen LogP contribution >= 0.6 is 0 Å². The third-order valence-corrected chi connectivity index (χ3v) is 5.31. The van der Waals surface area contributed by atoms with Gasteiger partial charge in [0.2, 0.25) is 5.95 Å². The Morgan fingerprint density at radius 2 is 2.00 bits per heavy atom. The van der Waals surface area contributed by atoms with E-state index in [0.29, 0.717) is 23.7 Å². The highest BCUT2D eigenvalue weighted by molar-refractivity contribution is 5.83. The molecule has 7 heteroatoms. The maximum atomic E-state index is 14.7. The summed E-state index contributed by atoms with van der Waals surface area (Å²) in [7, 11) is 0. The minimum Gasteiger partial charge on any atom is -0.346 e. The number of aromatic amines is 1. The first-order valence-electron chi connectivity index (χ1n) is 9.89. The second-order valence-corrected chi connectivity index (χ2v) is 7.41. The number of hydrogen-bond donors (Lipinski definition) is 2. The highest BCUT2D eigenvalue weighted by Gasteiger charge is 2.28. The summed E-state index contributed by atoms with van der Waals surface area (Å²) in [5, 5.41) is 4.13. The Labute approximate surface area is 167 Å². The van der Waals surface area contributed by atoms with Crippen molar-refractivity contribution in [3.8, 4) is 0 Å². The van der Waals surface area contributed by atoms with Gasteiger partial charge in [0, 0.05) is 35.2 Å². The Bertz CT molecular complexity index is 1160. The topological polar surface area (TPSA) is 79.4 Å². The molecule has 4 aromatic rings. The average molecular weight is 388 g/mol. The maximum Gasteiger partial charge on any atom is 0.218 e. The van der Waals surface area contributed by atoms with Crippen molar-refractivity contribution in [3.05, 3.63) is 71.4 Å². The molecule has 29 heavy (non-hydrogen) atoms. The van der Waals surface area contributed by atoms with E-state index in [9.17, 15) is 4.39 Å². The number of aromatic nitrogens is 5. The normalized spacial score (nSPS) is 13.7. The standard InChI is InChI=1S/C22H21FN6/c1-2-16-6-7-17(11-24-16)28-18-8-5-14(21(23)29-18)9-15-10-25-22-19(15)20(13-3-4-13)26-12-27-22/h5-8,10-13H,2-4,9H2,1H3,(H,28,29)(H,25,26,27). The Hall–Kier alpha value is -3.35. The average Bonchev–Trinajstić information content (AvgIpc) is 3.51. The highest BCUT2D eigenvalue weighted by atomic mass is 19.1. The molecule has 1 aliphatic carbocycles. The van der Waals surface area contributed by atoms with Crippen molar-refractivity contribution in [1.29, 1.82) is 0 Å². The molecular weight excluding hydrogens is 367 g/mol. The largest absolute Gasteiger partial charge is 0.346 e. The number of hydrogen-bond acceptors (Lipinski definition) is 5. The Morgan fingerprint density at radius 1 is 1.10 bits per heavy atom. The molecule has 0 radical (unpaired) electrons. The number of fused-ring (bicyclic) bond motifs is 1. The third-order valence-electron chi connectivity index (χ3n) is 5.31. The monoisotopic (exact) mass is 388 g/mol. The van der Waals surface area contributed by atoms with Crippen LogP contribution in [-0.2, 0) is 12.8 Å². The van der Waals surface area contributed by atoms with Crippen LogP contribution in [0.25, 0.3) is 11.0 Å². The molecule has 1 aliphatic rings. The van der Waals surface area contributed by atoms with Gasteiger partial charge in [-0.15, -0.1) is 0 Å². The van der Waals surface area contributed by atoms with Crippen LogP contribution in [0.15, 0.2) is 43.0 Å². The predicted molar refractivity (Wildman–Crippen MR) is 110 cm³/mol. The Morgan fingerprint density at radius 3 is 2.72 bits per heavy atom. The predicted octanol–water partition coefficient (Wildman–Crippen LogP) is 4.66. The van der Waals surface area contributed by atoms with Crippen molar-refractivity contribution in [2.75, 3.05) is 5.32 Å². The molecule has 0 amide bonds. The first kappa shape index (κ1) is 17.7. The van der Waals surface area contributed by atoms with Gasteiger partial charge in [-0.05, 0) is 43.0 Å². The van der Waals surface area contributed by atoms with Crippen molar-refractivity contribution < 1.29 is 4.39 Å². The Kier molecular flexibility index (Phi) is 4.42. The SMILES string of the molecule is CCc1ccc(Nc2ccc(Cc3c[nH]c4ncnc(C5CC5)c34)c(F)n2)cn1. The molecule has 2 N–H and O–H groups in total. The lowest BCUT2D eigenvalue weighted by atomic mass is 10.0. The molecule has 0 atom stereocenters. The molecular formula is C22H21FN6. The fourth-order valence-corrected chi connectivity index (χ4v) is 3.58. The number of H-pyrrole nitrogens is 1. The second-order valence-electron chi connectivity index (χ2n) is 7.41. The van der Waals surface area contributed by atoms with E-state index in [1.54, 1.807) is 24.7 Å². The highest BCUT2D eigenvalue weighted by Crippen LogP contribution is 2.42. The summed E-state index contributed by atoms with van der Waals surface area (Å²) in [6.45, 7) is 2.05. The van der Waals surface area contributed by atoms with Gasteiger partial charge in [-0.1, -0.05) is 13.0 Å². The summed E-state index contributed by atoms with van der Waals surface area (Å²) in [6.07, 6.45) is 8.86. The molecule has 4 aromatic heterocycles. The zero-order chi connectivity index (χ0) is 19.8. The van der Waals surface area contributed by atoms with E-state index in [1.165, 1.54) is 0 Å². The number of nitrogens with zero attached hydrogens (tertiary/aromatic N) is 4. The molecule has 4 heterocycles. The number of anilines is 2. The molecule has 146 valence electrons. The summed E-state index contributed by atoms with van der Waals surface area (Å²) < 4.78 is 14.7. The number of nitrogens with one attached hydrogen (secondary N) is 2. The van der Waals surface area contributed by atoms with Gasteiger partial charge >= 0.3 is 0 Å². The van der Waals surface area contributed by atoms with Crippen molar-refractivity contribution in [1.82, 2.24) is 24.9 Å². The molecule has 0 saturated heterocycles. The molecule has 0 spiro atoms. The van der Waals surface area contributed by atoms with E-state index in [0.717, 1.165) is 52.9 Å². The van der Waals surface area contributed by atoms with E-state index in [4.69, 9.17) is 0 Å². The molecule has 0 aliphatic heterocycles. The minimum absolute atomic E-state index is 0.443. The van der Waals surface area contributed by atoms with Crippen molar-refractivity contribution >= 4 is 22.5 Å². The van der Waals surface area contributed by atoms with Gasteiger partial charge in [-0.3, -0.25) is 4.98 Å². The minimum atomic E-state index is -0.479. The van der Waals surface area contributed by atoms with Crippen molar-refractivity contribution in [2.45, 2.75) is 38.5 Å². The molecule has 6 nitrogen and oxygen atoms in total. The maximum absolute atomic E-state index is 14.7. The molecule has 0 unspecified atom stereocenters. The van der Waals surface area contributed by atoms with Gasteiger partial charge < -0.3 is 10.3 Å². The summed E-state index contributed by atoms with van der Waals surface area (Å²) in [6, 6.07) is 7.44. The van der Waals surface area contributed by atoms with E-state index in [1.807, 2.05) is 18.3 Å². The first-order valence-corrected chi connectivity index (χ1v) is 9.89. The van der Waals surface area contributed by atoms with Gasteiger partial charge in [-0.25, -0.2) is 15.0 Å². The summed E-state index contributed by atoms with van der Waals surface area (Å²) in [5.74, 6) is 0.475. The zero-order valence-electron chi connectivity index (χ0n) is 16.1. The van der Waals surface area contributed by atoms with Crippen LogP contribution in [-0.4, -0.2) is 24.9 Å². The lowest BCUT2D eigenvalue weighted by Gasteiger charge is -2.09. The fraction of sp³-hybridized carbons (Fsp3) is 0.273. The molecule has 0 aromatic carbocycles. The van der Waals surface area contributed by atoms with E-state index < -0.39 is 5.95 Å². The quantitative estimate of drug-likeness (QED) is 0.470. The summed E-state index contributed by atoms with van der Waals surface area (Å²) in [4.78, 5) is 20.4. The lowest BCUT2D eigenvalue weighted by molar-refractivity contribution is 0.572. The van der Waals surface area contributed by atoms with Crippen LogP contribution in [0.2, 0.25) is 0 Å². The number of pyridine rings is 2. The van der Waals surface area contributed by atoms with Crippen molar-refractivity contribution in [2.24, 2.45) is 0 Å². The van der Waals surface area contributed by atoms with Crippen molar-refractivity contribution in [3.63, 3.8) is 0 Å². The van der Waals surface area contributed by atoms with E-state index in [-0.39, 0.29) is 0 Å². The number of aryl methyl sites for hydroxylation is 1. The molecule has 1 saturated carbocycles. The summed E-state index contributed by atoms with van der Waals surface area (Å²) >= 11 is 0. The van der Waals surface area contributed by atoms with Crippen LogP contribution in [0, 0.1) is 5.95 Å². The fourth-order valence-electron chi connectivity index (χ4n) is 3.58. The van der Waals surface area contributed by atoms with Crippen LogP contribution < -0.4 is 5.32 Å². The van der Waals surface area contributed by atoms with Crippen LogP contribution in [0.1, 0.15) is 48.2 Å². The van der Waals surface area contributed by atoms with Gasteiger partial charge in [-0.2, -0.15) is 4.39 Å². The van der Waals surface area contributed by atoms with Crippen LogP contribution in [0.5, 0.6) is 0 Å². The van der Waals surface area contributed by atoms with Gasteiger partial charge in [0.05, 0.1) is 17.6 Å². The van der Waals surface area contributed by atoms with Gasteiger partial charge in [0.25, 0.3) is 0 Å². The Balaban J connectivity index is 1.39. The molecule has 5 rings (SSSR count).